The van der Waals surface area contributed by atoms with Gasteiger partial charge in [0.15, 0.2) is 0 Å². The van der Waals surface area contributed by atoms with Crippen LogP contribution in [0.25, 0.3) is 0 Å². The van der Waals surface area contributed by atoms with Gasteiger partial charge in [-0.25, -0.2) is 0 Å². The summed E-state index contributed by atoms with van der Waals surface area (Å²) in [6, 6.07) is 14.0. The summed E-state index contributed by atoms with van der Waals surface area (Å²) in [5, 5.41) is 0. The predicted octanol–water partition coefficient (Wildman–Crippen LogP) is 4.19. The van der Waals surface area contributed by atoms with E-state index in [0.29, 0.717) is 0 Å². The van der Waals surface area contributed by atoms with Crippen LogP contribution in [-0.4, -0.2) is 0 Å². The second-order valence-electron chi connectivity index (χ2n) is 5.52. The van der Waals surface area contributed by atoms with Gasteiger partial charge in [-0.2, -0.15) is 0 Å². The van der Waals surface area contributed by atoms with Crippen LogP contribution in [0.1, 0.15) is 33.4 Å². The van der Waals surface area contributed by atoms with Gasteiger partial charge in [0.05, 0.1) is 0 Å². The molecule has 2 aromatic rings. The van der Waals surface area contributed by atoms with Crippen LogP contribution in [0.2, 0.25) is 0 Å². The lowest BCUT2D eigenvalue weighted by Gasteiger charge is -2.14. The fourth-order valence-corrected chi connectivity index (χ4v) is 2.95. The number of hydrogen-bond acceptors (Lipinski definition) is 0. The molecule has 4 aliphatic carbocycles. The van der Waals surface area contributed by atoms with E-state index in [4.69, 9.17) is 0 Å². The minimum absolute atomic E-state index is 1.15. The van der Waals surface area contributed by atoms with E-state index in [2.05, 4.69) is 50.2 Å². The van der Waals surface area contributed by atoms with E-state index in [9.17, 15) is 0 Å². The lowest BCUT2D eigenvalue weighted by atomic mass is 9.92. The molecule has 6 rings (SSSR count). The molecule has 0 aliphatic heterocycles. The van der Waals surface area contributed by atoms with Crippen molar-refractivity contribution in [3.8, 4) is 0 Å². The van der Waals surface area contributed by atoms with Crippen LogP contribution in [0.5, 0.6) is 0 Å². The average molecular weight is 236 g/mol. The molecule has 0 heteroatoms. The molecular formula is C18H20. The summed E-state index contributed by atoms with van der Waals surface area (Å²) < 4.78 is 0. The first-order valence-electron chi connectivity index (χ1n) is 6.89. The molecule has 0 N–H and O–H groups in total. The Morgan fingerprint density at radius 2 is 1.06 bits per heavy atom. The fourth-order valence-electron chi connectivity index (χ4n) is 2.95. The van der Waals surface area contributed by atoms with Gasteiger partial charge in [-0.3, -0.25) is 0 Å². The molecule has 0 fully saturated rings. The molecular weight excluding hydrogens is 216 g/mol. The third-order valence-electron chi connectivity index (χ3n) is 4.18. The van der Waals surface area contributed by atoms with Crippen molar-refractivity contribution < 1.29 is 0 Å². The number of aryl methyl sites for hydroxylation is 6. The van der Waals surface area contributed by atoms with Crippen LogP contribution in [0.4, 0.5) is 0 Å². The Balaban J connectivity index is 2.03. The smallest absolute Gasteiger partial charge is 0.0236 e. The van der Waals surface area contributed by atoms with Gasteiger partial charge in [-0.05, 0) is 72.9 Å². The highest BCUT2D eigenvalue weighted by Crippen LogP contribution is 2.20. The highest BCUT2D eigenvalue weighted by Gasteiger charge is 2.07. The van der Waals surface area contributed by atoms with Gasteiger partial charge >= 0.3 is 0 Å². The SMILES string of the molecule is Cc1cc2ccc1CCc1ccc(c(C)c1)CC2. The van der Waals surface area contributed by atoms with Crippen LogP contribution >= 0.6 is 0 Å². The first kappa shape index (κ1) is 11.5. The summed E-state index contributed by atoms with van der Waals surface area (Å²) in [4.78, 5) is 0. The molecule has 4 aliphatic rings. The quantitative estimate of drug-likeness (QED) is 0.643. The summed E-state index contributed by atoms with van der Waals surface area (Å²) >= 11 is 0. The Labute approximate surface area is 110 Å². The molecule has 0 saturated carbocycles. The van der Waals surface area contributed by atoms with Gasteiger partial charge in [0.2, 0.25) is 0 Å². The molecule has 0 spiro atoms. The molecule has 0 nitrogen and oxygen atoms in total. The van der Waals surface area contributed by atoms with Gasteiger partial charge in [0, 0.05) is 0 Å². The van der Waals surface area contributed by atoms with Crippen molar-refractivity contribution >= 4 is 0 Å². The van der Waals surface area contributed by atoms with Crippen molar-refractivity contribution in [1.82, 2.24) is 0 Å². The van der Waals surface area contributed by atoms with Gasteiger partial charge < -0.3 is 0 Å². The molecule has 0 aromatic heterocycles. The van der Waals surface area contributed by atoms with Crippen molar-refractivity contribution in [2.45, 2.75) is 39.5 Å². The molecule has 18 heavy (non-hydrogen) atoms. The zero-order valence-electron chi connectivity index (χ0n) is 11.3. The van der Waals surface area contributed by atoms with Crippen LogP contribution in [-0.2, 0) is 25.7 Å². The molecule has 0 amide bonds. The zero-order valence-corrected chi connectivity index (χ0v) is 11.3. The van der Waals surface area contributed by atoms with E-state index in [-0.39, 0.29) is 0 Å². The second-order valence-corrected chi connectivity index (χ2v) is 5.52. The summed E-state index contributed by atoms with van der Waals surface area (Å²) in [5.74, 6) is 0. The number of rotatable bonds is 0. The van der Waals surface area contributed by atoms with Gasteiger partial charge in [0.1, 0.15) is 0 Å². The van der Waals surface area contributed by atoms with Crippen LogP contribution in [0, 0.1) is 13.8 Å². The van der Waals surface area contributed by atoms with Crippen LogP contribution < -0.4 is 0 Å². The highest BCUT2D eigenvalue weighted by atomic mass is 14.1. The van der Waals surface area contributed by atoms with E-state index in [1.54, 1.807) is 0 Å². The highest BCUT2D eigenvalue weighted by molar-refractivity contribution is 5.36. The Kier molecular flexibility index (Phi) is 2.95. The van der Waals surface area contributed by atoms with Gasteiger partial charge in [-0.15, -0.1) is 0 Å². The first-order chi connectivity index (χ1) is 8.72. The van der Waals surface area contributed by atoms with Crippen molar-refractivity contribution in [2.75, 3.05) is 0 Å². The summed E-state index contributed by atoms with van der Waals surface area (Å²) in [5.41, 5.74) is 8.86. The topological polar surface area (TPSA) is 0 Å². The third-order valence-corrected chi connectivity index (χ3v) is 4.18. The lowest BCUT2D eigenvalue weighted by molar-refractivity contribution is 0.904. The summed E-state index contributed by atoms with van der Waals surface area (Å²) in [6.07, 6.45) is 4.62. The van der Waals surface area contributed by atoms with Crippen molar-refractivity contribution in [3.05, 3.63) is 69.8 Å². The number of benzene rings is 2. The fraction of sp³-hybridized carbons (Fsp3) is 0.333. The molecule has 0 radical (unpaired) electrons. The lowest BCUT2D eigenvalue weighted by Crippen LogP contribution is -2.01. The van der Waals surface area contributed by atoms with E-state index >= 15 is 0 Å². The molecule has 0 saturated heterocycles. The van der Waals surface area contributed by atoms with E-state index in [1.165, 1.54) is 33.4 Å². The third kappa shape index (κ3) is 2.20. The summed E-state index contributed by atoms with van der Waals surface area (Å²) in [6.45, 7) is 4.50. The second kappa shape index (κ2) is 4.61. The van der Waals surface area contributed by atoms with Crippen molar-refractivity contribution in [3.63, 3.8) is 0 Å². The Morgan fingerprint density at radius 3 is 1.44 bits per heavy atom. The molecule has 4 bridgehead atoms. The summed E-state index contributed by atoms with van der Waals surface area (Å²) in [7, 11) is 0. The van der Waals surface area contributed by atoms with Crippen molar-refractivity contribution in [2.24, 2.45) is 0 Å². The largest absolute Gasteiger partial charge is 0.0587 e. The van der Waals surface area contributed by atoms with Gasteiger partial charge in [0.25, 0.3) is 0 Å². The zero-order chi connectivity index (χ0) is 12.5. The predicted molar refractivity (Wildman–Crippen MR) is 77.2 cm³/mol. The maximum absolute atomic E-state index is 2.37. The van der Waals surface area contributed by atoms with E-state index in [0.717, 1.165) is 25.7 Å². The maximum atomic E-state index is 2.37. The normalized spacial score (nSPS) is 14.3. The molecule has 0 heterocycles. The van der Waals surface area contributed by atoms with E-state index in [1.807, 2.05) is 0 Å². The minimum Gasteiger partial charge on any atom is -0.0587 e. The molecule has 2 aromatic carbocycles. The Bertz CT molecular complexity index is 525. The van der Waals surface area contributed by atoms with Crippen LogP contribution in [0.3, 0.4) is 0 Å². The molecule has 0 unspecified atom stereocenters. The Morgan fingerprint density at radius 1 is 0.611 bits per heavy atom. The van der Waals surface area contributed by atoms with Crippen LogP contribution in [0.15, 0.2) is 36.4 Å². The van der Waals surface area contributed by atoms with Gasteiger partial charge in [-0.1, -0.05) is 36.4 Å². The van der Waals surface area contributed by atoms with E-state index < -0.39 is 0 Å². The standard InChI is InChI=1S/C18H20/c1-13-11-15-3-7-17(13)9-5-16-4-8-18(10-6-15)14(2)12-16/h3-4,7-8,11-12H,5-6,9-10H2,1-2H3. The average Bonchev–Trinajstić information content (AvgIpc) is 2.34. The molecule has 92 valence electrons. The maximum Gasteiger partial charge on any atom is -0.0236 e. The van der Waals surface area contributed by atoms with Crippen molar-refractivity contribution in [1.29, 1.82) is 0 Å². The monoisotopic (exact) mass is 236 g/mol. The first-order valence-corrected chi connectivity index (χ1v) is 6.89. The Hall–Kier alpha value is -1.56. The minimum atomic E-state index is 1.15. The molecule has 0 atom stereocenters. The number of hydrogen-bond donors (Lipinski definition) is 0.